The topological polar surface area (TPSA) is 58.6 Å². The monoisotopic (exact) mass is 448 g/mol. The Morgan fingerprint density at radius 2 is 1.90 bits per heavy atom. The van der Waals surface area contributed by atoms with Crippen LogP contribution in [0.5, 0.6) is 5.75 Å². The summed E-state index contributed by atoms with van der Waals surface area (Å²) in [6.45, 7) is 4.69. The van der Waals surface area contributed by atoms with Gasteiger partial charge in [0.05, 0.1) is 12.9 Å². The molecule has 0 radical (unpaired) electrons. The Morgan fingerprint density at radius 3 is 2.53 bits per heavy atom. The van der Waals surface area contributed by atoms with Crippen LogP contribution in [-0.2, 0) is 21.9 Å². The number of rotatable bonds is 11. The summed E-state index contributed by atoms with van der Waals surface area (Å²) in [4.78, 5) is 27.1. The highest BCUT2D eigenvalue weighted by Crippen LogP contribution is 2.19. The first-order valence-electron chi connectivity index (χ1n) is 9.97. The minimum Gasteiger partial charge on any atom is -0.497 e. The number of nitrogens with zero attached hydrogens (tertiary/aromatic N) is 1. The Balaban J connectivity index is 2.03. The summed E-state index contributed by atoms with van der Waals surface area (Å²) >= 11 is 7.62. The number of nitrogens with one attached hydrogen (secondary N) is 1. The molecular formula is C23H29ClN2O3S. The van der Waals surface area contributed by atoms with Gasteiger partial charge in [-0.25, -0.2) is 0 Å². The van der Waals surface area contributed by atoms with Gasteiger partial charge < -0.3 is 15.0 Å². The summed E-state index contributed by atoms with van der Waals surface area (Å²) in [5.74, 6) is 1.58. The molecule has 0 saturated heterocycles. The van der Waals surface area contributed by atoms with Crippen molar-refractivity contribution in [1.29, 1.82) is 0 Å². The van der Waals surface area contributed by atoms with E-state index in [1.54, 1.807) is 25.0 Å². The van der Waals surface area contributed by atoms with E-state index in [4.69, 9.17) is 16.3 Å². The standard InChI is InChI=1S/C23H29ClN2O3S/c1-4-12-25-23(28)17(2)26(14-19-6-5-7-20(24)13-19)22(27)16-30-15-18-8-10-21(29-3)11-9-18/h5-11,13,17H,4,12,14-16H2,1-3H3,(H,25,28)/t17-/m0/s1. The van der Waals surface area contributed by atoms with E-state index < -0.39 is 6.04 Å². The van der Waals surface area contributed by atoms with Gasteiger partial charge in [-0.2, -0.15) is 0 Å². The van der Waals surface area contributed by atoms with E-state index in [0.717, 1.165) is 23.3 Å². The van der Waals surface area contributed by atoms with Crippen LogP contribution >= 0.6 is 23.4 Å². The fourth-order valence-corrected chi connectivity index (χ4v) is 3.95. The minimum atomic E-state index is -0.565. The van der Waals surface area contributed by atoms with Crippen molar-refractivity contribution >= 4 is 35.2 Å². The van der Waals surface area contributed by atoms with Gasteiger partial charge in [0.15, 0.2) is 0 Å². The predicted octanol–water partition coefficient (Wildman–Crippen LogP) is 4.53. The highest BCUT2D eigenvalue weighted by atomic mass is 35.5. The van der Waals surface area contributed by atoms with Gasteiger partial charge in [-0.15, -0.1) is 11.8 Å². The maximum Gasteiger partial charge on any atom is 0.242 e. The first-order chi connectivity index (χ1) is 14.4. The van der Waals surface area contributed by atoms with Crippen LogP contribution in [0.4, 0.5) is 0 Å². The van der Waals surface area contributed by atoms with Crippen molar-refractivity contribution in [3.8, 4) is 5.75 Å². The first kappa shape index (κ1) is 24.1. The van der Waals surface area contributed by atoms with E-state index in [0.29, 0.717) is 23.9 Å². The zero-order valence-electron chi connectivity index (χ0n) is 17.7. The summed E-state index contributed by atoms with van der Waals surface area (Å²) in [5.41, 5.74) is 2.01. The molecule has 0 fully saturated rings. The molecule has 30 heavy (non-hydrogen) atoms. The molecule has 0 heterocycles. The normalized spacial score (nSPS) is 11.6. The number of carbonyl (C=O) groups excluding carboxylic acids is 2. The second-order valence-corrected chi connectivity index (χ2v) is 8.38. The molecule has 2 rings (SSSR count). The smallest absolute Gasteiger partial charge is 0.242 e. The van der Waals surface area contributed by atoms with Crippen LogP contribution in [0.1, 0.15) is 31.4 Å². The van der Waals surface area contributed by atoms with E-state index in [2.05, 4.69) is 5.32 Å². The van der Waals surface area contributed by atoms with Gasteiger partial charge in [0.25, 0.3) is 0 Å². The molecule has 0 bridgehead atoms. The van der Waals surface area contributed by atoms with Crippen LogP contribution in [0.2, 0.25) is 5.02 Å². The summed E-state index contributed by atoms with van der Waals surface area (Å²) in [6.07, 6.45) is 0.846. The molecule has 2 aromatic rings. The second-order valence-electron chi connectivity index (χ2n) is 6.96. The minimum absolute atomic E-state index is 0.0763. The van der Waals surface area contributed by atoms with E-state index in [1.165, 1.54) is 11.8 Å². The van der Waals surface area contributed by atoms with Crippen LogP contribution in [-0.4, -0.2) is 42.2 Å². The second kappa shape index (κ2) is 12.5. The van der Waals surface area contributed by atoms with Crippen molar-refractivity contribution in [3.63, 3.8) is 0 Å². The highest BCUT2D eigenvalue weighted by molar-refractivity contribution is 7.99. The van der Waals surface area contributed by atoms with Gasteiger partial charge in [0, 0.05) is 23.9 Å². The lowest BCUT2D eigenvalue weighted by Crippen LogP contribution is -2.48. The lowest BCUT2D eigenvalue weighted by molar-refractivity contribution is -0.138. The summed E-state index contributed by atoms with van der Waals surface area (Å²) in [7, 11) is 1.63. The van der Waals surface area contributed by atoms with E-state index >= 15 is 0 Å². The maximum atomic E-state index is 13.0. The van der Waals surface area contributed by atoms with Gasteiger partial charge in [-0.1, -0.05) is 42.8 Å². The Hall–Kier alpha value is -2.18. The fourth-order valence-electron chi connectivity index (χ4n) is 2.87. The fraction of sp³-hybridized carbons (Fsp3) is 0.391. The van der Waals surface area contributed by atoms with Gasteiger partial charge >= 0.3 is 0 Å². The molecule has 0 aliphatic heterocycles. The molecule has 162 valence electrons. The van der Waals surface area contributed by atoms with Gasteiger partial charge in [0.2, 0.25) is 11.8 Å². The molecule has 0 spiro atoms. The lowest BCUT2D eigenvalue weighted by Gasteiger charge is -2.28. The van der Waals surface area contributed by atoms with Crippen LogP contribution < -0.4 is 10.1 Å². The number of amides is 2. The number of hydrogen-bond donors (Lipinski definition) is 1. The molecule has 0 aliphatic carbocycles. The maximum absolute atomic E-state index is 13.0. The Labute approximate surface area is 188 Å². The van der Waals surface area contributed by atoms with E-state index in [9.17, 15) is 9.59 Å². The van der Waals surface area contributed by atoms with Crippen molar-refractivity contribution < 1.29 is 14.3 Å². The van der Waals surface area contributed by atoms with Crippen molar-refractivity contribution in [1.82, 2.24) is 10.2 Å². The van der Waals surface area contributed by atoms with Crippen molar-refractivity contribution in [3.05, 3.63) is 64.7 Å². The zero-order valence-corrected chi connectivity index (χ0v) is 19.3. The summed E-state index contributed by atoms with van der Waals surface area (Å²) in [5, 5.41) is 3.49. The van der Waals surface area contributed by atoms with Gasteiger partial charge in [-0.05, 0) is 48.7 Å². The number of thioether (sulfide) groups is 1. The van der Waals surface area contributed by atoms with Crippen LogP contribution in [0.15, 0.2) is 48.5 Å². The average Bonchev–Trinajstić information content (AvgIpc) is 2.75. The Kier molecular flexibility index (Phi) is 10.0. The molecule has 7 heteroatoms. The largest absolute Gasteiger partial charge is 0.497 e. The third-order valence-corrected chi connectivity index (χ3v) is 5.84. The average molecular weight is 449 g/mol. The molecule has 2 aromatic carbocycles. The molecule has 2 amide bonds. The number of carbonyl (C=O) groups is 2. The number of ether oxygens (including phenoxy) is 1. The molecule has 0 aliphatic rings. The number of hydrogen-bond acceptors (Lipinski definition) is 4. The third-order valence-electron chi connectivity index (χ3n) is 4.61. The molecule has 0 unspecified atom stereocenters. The SMILES string of the molecule is CCCNC(=O)[C@H](C)N(Cc1cccc(Cl)c1)C(=O)CSCc1ccc(OC)cc1. The molecule has 0 saturated carbocycles. The molecule has 0 aromatic heterocycles. The first-order valence-corrected chi connectivity index (χ1v) is 11.5. The predicted molar refractivity (Wildman–Crippen MR) is 124 cm³/mol. The zero-order chi connectivity index (χ0) is 21.9. The summed E-state index contributed by atoms with van der Waals surface area (Å²) in [6, 6.07) is 14.6. The number of methoxy groups -OCH3 is 1. The van der Waals surface area contributed by atoms with Crippen molar-refractivity contribution in [2.45, 2.75) is 38.6 Å². The number of benzene rings is 2. The number of halogens is 1. The quantitative estimate of drug-likeness (QED) is 0.548. The molecule has 1 atom stereocenters. The van der Waals surface area contributed by atoms with E-state index in [1.807, 2.05) is 49.4 Å². The van der Waals surface area contributed by atoms with Gasteiger partial charge in [0.1, 0.15) is 11.8 Å². The lowest BCUT2D eigenvalue weighted by atomic mass is 10.1. The Morgan fingerprint density at radius 1 is 1.17 bits per heavy atom. The van der Waals surface area contributed by atoms with Crippen LogP contribution in [0.3, 0.4) is 0 Å². The highest BCUT2D eigenvalue weighted by Gasteiger charge is 2.25. The molecule has 1 N–H and O–H groups in total. The summed E-state index contributed by atoms with van der Waals surface area (Å²) < 4.78 is 5.17. The van der Waals surface area contributed by atoms with Crippen LogP contribution in [0.25, 0.3) is 0 Å². The Bertz CT molecular complexity index is 829. The van der Waals surface area contributed by atoms with Crippen LogP contribution in [0, 0.1) is 0 Å². The molecule has 5 nitrogen and oxygen atoms in total. The third kappa shape index (κ3) is 7.58. The van der Waals surface area contributed by atoms with Crippen molar-refractivity contribution in [2.75, 3.05) is 19.4 Å². The van der Waals surface area contributed by atoms with Gasteiger partial charge in [-0.3, -0.25) is 9.59 Å². The molecular weight excluding hydrogens is 420 g/mol. The van der Waals surface area contributed by atoms with E-state index in [-0.39, 0.29) is 17.6 Å². The van der Waals surface area contributed by atoms with Crippen molar-refractivity contribution in [2.24, 2.45) is 0 Å².